The second-order valence-corrected chi connectivity index (χ2v) is 5.63. The first-order valence-corrected chi connectivity index (χ1v) is 7.97. The van der Waals surface area contributed by atoms with Crippen LogP contribution in [0, 0.1) is 5.82 Å². The van der Waals surface area contributed by atoms with E-state index in [-0.39, 0.29) is 11.9 Å². The van der Waals surface area contributed by atoms with E-state index in [1.165, 1.54) is 6.07 Å². The van der Waals surface area contributed by atoms with E-state index >= 15 is 0 Å². The zero-order chi connectivity index (χ0) is 13.8. The van der Waals surface area contributed by atoms with Gasteiger partial charge in [-0.3, -0.25) is 0 Å². The summed E-state index contributed by atoms with van der Waals surface area (Å²) < 4.78 is 15.5. The number of halogens is 1. The number of aromatic nitrogens is 2. The van der Waals surface area contributed by atoms with Crippen molar-refractivity contribution >= 4 is 22.8 Å². The summed E-state index contributed by atoms with van der Waals surface area (Å²) in [5.74, 6) is 1.65. The smallest absolute Gasteiger partial charge is 0.126 e. The molecule has 5 heteroatoms. The van der Waals surface area contributed by atoms with E-state index in [1.54, 1.807) is 23.9 Å². The van der Waals surface area contributed by atoms with Gasteiger partial charge in [-0.05, 0) is 43.0 Å². The molecule has 1 aromatic carbocycles. The van der Waals surface area contributed by atoms with Crippen LogP contribution in [-0.4, -0.2) is 21.6 Å². The van der Waals surface area contributed by atoms with E-state index in [0.29, 0.717) is 0 Å². The van der Waals surface area contributed by atoms with Gasteiger partial charge in [0.2, 0.25) is 0 Å². The fourth-order valence-corrected chi connectivity index (χ4v) is 2.72. The van der Waals surface area contributed by atoms with Gasteiger partial charge in [-0.2, -0.15) is 11.8 Å². The van der Waals surface area contributed by atoms with Crippen LogP contribution < -0.4 is 5.73 Å². The molecule has 0 spiro atoms. The van der Waals surface area contributed by atoms with Crippen molar-refractivity contribution in [2.24, 2.45) is 5.73 Å². The number of nitrogens with two attached hydrogens (primary N) is 1. The lowest BCUT2D eigenvalue weighted by atomic mass is 10.2. The van der Waals surface area contributed by atoms with Crippen molar-refractivity contribution in [2.45, 2.75) is 32.4 Å². The predicted molar refractivity (Wildman–Crippen MR) is 79.9 cm³/mol. The maximum Gasteiger partial charge on any atom is 0.126 e. The molecule has 0 aliphatic rings. The fourth-order valence-electron chi connectivity index (χ4n) is 2.23. The van der Waals surface area contributed by atoms with Crippen LogP contribution in [0.2, 0.25) is 0 Å². The van der Waals surface area contributed by atoms with Gasteiger partial charge in [0.15, 0.2) is 0 Å². The molecule has 0 saturated carbocycles. The van der Waals surface area contributed by atoms with Crippen LogP contribution in [0.3, 0.4) is 0 Å². The average molecular weight is 281 g/mol. The van der Waals surface area contributed by atoms with E-state index < -0.39 is 0 Å². The van der Waals surface area contributed by atoms with Gasteiger partial charge >= 0.3 is 0 Å². The van der Waals surface area contributed by atoms with Crippen molar-refractivity contribution in [3.05, 3.63) is 29.8 Å². The van der Waals surface area contributed by atoms with Gasteiger partial charge in [0.25, 0.3) is 0 Å². The first-order valence-electron chi connectivity index (χ1n) is 6.57. The third kappa shape index (κ3) is 3.09. The molecule has 2 aromatic rings. The highest BCUT2D eigenvalue weighted by molar-refractivity contribution is 7.98. The Morgan fingerprint density at radius 3 is 2.95 bits per heavy atom. The minimum atomic E-state index is -0.228. The van der Waals surface area contributed by atoms with Gasteiger partial charge in [0.1, 0.15) is 11.6 Å². The van der Waals surface area contributed by atoms with Crippen LogP contribution in [0.4, 0.5) is 4.39 Å². The lowest BCUT2D eigenvalue weighted by Crippen LogP contribution is -2.17. The molecule has 2 N–H and O–H groups in total. The zero-order valence-corrected chi connectivity index (χ0v) is 12.2. The number of imidazole rings is 1. The van der Waals surface area contributed by atoms with Crippen LogP contribution in [0.5, 0.6) is 0 Å². The Kier molecular flexibility index (Phi) is 4.82. The molecule has 1 heterocycles. The molecule has 0 aliphatic heterocycles. The summed E-state index contributed by atoms with van der Waals surface area (Å²) in [7, 11) is 0. The molecule has 104 valence electrons. The summed E-state index contributed by atoms with van der Waals surface area (Å²) in [6.07, 6.45) is 3.93. The van der Waals surface area contributed by atoms with Crippen LogP contribution in [0.25, 0.3) is 11.0 Å². The topological polar surface area (TPSA) is 43.8 Å². The molecular formula is C14H20FN3S. The molecule has 19 heavy (non-hydrogen) atoms. The van der Waals surface area contributed by atoms with Crippen LogP contribution in [0.15, 0.2) is 18.2 Å². The first-order chi connectivity index (χ1) is 9.17. The fraction of sp³-hybridized carbons (Fsp3) is 0.500. The summed E-state index contributed by atoms with van der Waals surface area (Å²) in [4.78, 5) is 4.59. The van der Waals surface area contributed by atoms with Crippen molar-refractivity contribution in [3.63, 3.8) is 0 Å². The molecule has 1 atom stereocenters. The molecule has 3 nitrogen and oxygen atoms in total. The minimum Gasteiger partial charge on any atom is -0.327 e. The molecular weight excluding hydrogens is 261 g/mol. The molecule has 0 radical (unpaired) electrons. The van der Waals surface area contributed by atoms with Crippen molar-refractivity contribution in [3.8, 4) is 0 Å². The molecule has 0 amide bonds. The summed E-state index contributed by atoms with van der Waals surface area (Å²) in [5, 5.41) is 0. The number of hydrogen-bond donors (Lipinski definition) is 1. The second kappa shape index (κ2) is 6.39. The highest BCUT2D eigenvalue weighted by Gasteiger charge is 2.16. The number of rotatable bonds is 6. The van der Waals surface area contributed by atoms with Gasteiger partial charge in [0, 0.05) is 6.54 Å². The Bertz CT molecular complexity index is 553. The number of aryl methyl sites for hydroxylation is 1. The quantitative estimate of drug-likeness (QED) is 0.883. The Hall–Kier alpha value is -1.07. The molecule has 0 bridgehead atoms. The van der Waals surface area contributed by atoms with Gasteiger partial charge in [-0.15, -0.1) is 0 Å². The van der Waals surface area contributed by atoms with E-state index in [9.17, 15) is 4.39 Å². The summed E-state index contributed by atoms with van der Waals surface area (Å²) in [6.45, 7) is 2.92. The van der Waals surface area contributed by atoms with Crippen molar-refractivity contribution in [2.75, 3.05) is 12.0 Å². The monoisotopic (exact) mass is 281 g/mol. The standard InChI is InChI=1S/C14H20FN3S/c1-3-7-18-13-9-10(15)4-5-12(13)17-14(18)11(16)6-8-19-2/h4-5,9,11H,3,6-8,16H2,1-2H3. The lowest BCUT2D eigenvalue weighted by molar-refractivity contribution is 0.577. The molecule has 2 rings (SSSR count). The lowest BCUT2D eigenvalue weighted by Gasteiger charge is -2.13. The van der Waals surface area contributed by atoms with Gasteiger partial charge in [-0.25, -0.2) is 9.37 Å². The Labute approximate surface area is 117 Å². The average Bonchev–Trinajstić information content (AvgIpc) is 2.75. The number of benzene rings is 1. The Balaban J connectivity index is 2.43. The molecule has 1 unspecified atom stereocenters. The third-order valence-electron chi connectivity index (χ3n) is 3.15. The van der Waals surface area contributed by atoms with Gasteiger partial charge in [-0.1, -0.05) is 6.92 Å². The van der Waals surface area contributed by atoms with E-state index in [0.717, 1.165) is 42.0 Å². The van der Waals surface area contributed by atoms with Gasteiger partial charge in [0.05, 0.1) is 17.1 Å². The maximum atomic E-state index is 13.4. The van der Waals surface area contributed by atoms with E-state index in [1.807, 2.05) is 0 Å². The Morgan fingerprint density at radius 2 is 2.26 bits per heavy atom. The summed E-state index contributed by atoms with van der Waals surface area (Å²) in [6, 6.07) is 4.63. The number of hydrogen-bond acceptors (Lipinski definition) is 3. The minimum absolute atomic E-state index is 0.0885. The summed E-state index contributed by atoms with van der Waals surface area (Å²) in [5.41, 5.74) is 7.89. The summed E-state index contributed by atoms with van der Waals surface area (Å²) >= 11 is 1.78. The zero-order valence-electron chi connectivity index (χ0n) is 11.4. The second-order valence-electron chi connectivity index (χ2n) is 4.64. The van der Waals surface area contributed by atoms with E-state index in [2.05, 4.69) is 22.7 Å². The van der Waals surface area contributed by atoms with E-state index in [4.69, 9.17) is 5.73 Å². The highest BCUT2D eigenvalue weighted by Crippen LogP contribution is 2.23. The predicted octanol–water partition coefficient (Wildman–Crippen LogP) is 3.34. The van der Waals surface area contributed by atoms with Crippen LogP contribution in [0.1, 0.15) is 31.6 Å². The van der Waals surface area contributed by atoms with Gasteiger partial charge < -0.3 is 10.3 Å². The molecule has 0 aliphatic carbocycles. The third-order valence-corrected chi connectivity index (χ3v) is 3.80. The number of fused-ring (bicyclic) bond motifs is 1. The van der Waals surface area contributed by atoms with Crippen molar-refractivity contribution in [1.82, 2.24) is 9.55 Å². The SMILES string of the molecule is CCCn1c(C(N)CCSC)nc2ccc(F)cc21. The maximum absolute atomic E-state index is 13.4. The van der Waals surface area contributed by atoms with Crippen LogP contribution in [-0.2, 0) is 6.54 Å². The highest BCUT2D eigenvalue weighted by atomic mass is 32.2. The first kappa shape index (κ1) is 14.3. The Morgan fingerprint density at radius 1 is 1.47 bits per heavy atom. The van der Waals surface area contributed by atoms with Crippen molar-refractivity contribution < 1.29 is 4.39 Å². The van der Waals surface area contributed by atoms with Crippen molar-refractivity contribution in [1.29, 1.82) is 0 Å². The molecule has 0 saturated heterocycles. The molecule has 0 fully saturated rings. The van der Waals surface area contributed by atoms with Crippen LogP contribution >= 0.6 is 11.8 Å². The number of nitrogens with zero attached hydrogens (tertiary/aromatic N) is 2. The molecule has 1 aromatic heterocycles. The normalized spacial score (nSPS) is 13.1. The number of thioether (sulfide) groups is 1. The largest absolute Gasteiger partial charge is 0.327 e.